The maximum atomic E-state index is 10.9. The van der Waals surface area contributed by atoms with Crippen molar-refractivity contribution in [3.63, 3.8) is 0 Å². The Morgan fingerprint density at radius 2 is 2.06 bits per heavy atom. The summed E-state index contributed by atoms with van der Waals surface area (Å²) < 4.78 is 6.90. The first-order chi connectivity index (χ1) is 8.63. The summed E-state index contributed by atoms with van der Waals surface area (Å²) in [4.78, 5) is 15.0. The van der Waals surface area contributed by atoms with E-state index in [1.165, 1.54) is 6.20 Å². The van der Waals surface area contributed by atoms with Gasteiger partial charge in [0, 0.05) is 12.6 Å². The summed E-state index contributed by atoms with van der Waals surface area (Å²) in [6.45, 7) is 2.54. The third-order valence-electron chi connectivity index (χ3n) is 2.63. The molecule has 0 spiro atoms. The molecule has 1 N–H and O–H groups in total. The molecule has 0 aliphatic rings. The van der Waals surface area contributed by atoms with Crippen LogP contribution in [0.2, 0.25) is 0 Å². The number of carboxylic acid groups (broad SMARTS) is 1. The summed E-state index contributed by atoms with van der Waals surface area (Å²) in [5.74, 6) is 0.423. The monoisotopic (exact) mass is 246 g/mol. The largest absolute Gasteiger partial charge is 0.494 e. The Bertz CT molecular complexity index is 558. The quantitative estimate of drug-likeness (QED) is 0.898. The fourth-order valence-corrected chi connectivity index (χ4v) is 1.74. The smallest absolute Gasteiger partial charge is 0.354 e. The number of carbonyl (C=O) groups is 1. The summed E-state index contributed by atoms with van der Waals surface area (Å²) in [5.41, 5.74) is 1.02. The summed E-state index contributed by atoms with van der Waals surface area (Å²) in [6.07, 6.45) is 1.36. The molecule has 18 heavy (non-hydrogen) atoms. The molecule has 0 unspecified atom stereocenters. The van der Waals surface area contributed by atoms with E-state index in [0.717, 1.165) is 11.3 Å². The highest BCUT2D eigenvalue weighted by atomic mass is 16.5. The number of rotatable bonds is 4. The van der Waals surface area contributed by atoms with E-state index in [2.05, 4.69) is 4.98 Å². The lowest BCUT2D eigenvalue weighted by Crippen LogP contribution is -2.05. The number of aromatic carboxylic acids is 1. The second-order valence-electron chi connectivity index (χ2n) is 3.79. The molecule has 0 saturated carbocycles. The van der Waals surface area contributed by atoms with Gasteiger partial charge in [0.05, 0.1) is 12.8 Å². The number of aromatic nitrogens is 2. The van der Waals surface area contributed by atoms with Crippen LogP contribution in [0, 0.1) is 0 Å². The molecule has 1 aromatic heterocycles. The van der Waals surface area contributed by atoms with Crippen LogP contribution in [-0.4, -0.2) is 27.2 Å². The second-order valence-corrected chi connectivity index (χ2v) is 3.79. The highest BCUT2D eigenvalue weighted by Crippen LogP contribution is 2.21. The molecular formula is C13H14N2O3. The molecule has 0 atom stereocenters. The van der Waals surface area contributed by atoms with Crippen LogP contribution < -0.4 is 4.74 Å². The third-order valence-corrected chi connectivity index (χ3v) is 2.63. The van der Waals surface area contributed by atoms with Crippen LogP contribution in [0.15, 0.2) is 30.5 Å². The molecule has 2 aromatic rings. The van der Waals surface area contributed by atoms with Crippen LogP contribution in [0.3, 0.4) is 0 Å². The topological polar surface area (TPSA) is 64.3 Å². The van der Waals surface area contributed by atoms with E-state index < -0.39 is 5.97 Å². The fraction of sp³-hybridized carbons (Fsp3) is 0.231. The van der Waals surface area contributed by atoms with Gasteiger partial charge in [0.1, 0.15) is 17.3 Å². The Labute approximate surface area is 105 Å². The van der Waals surface area contributed by atoms with E-state index in [4.69, 9.17) is 9.84 Å². The van der Waals surface area contributed by atoms with Crippen molar-refractivity contribution in [3.05, 3.63) is 36.2 Å². The molecule has 0 amide bonds. The minimum Gasteiger partial charge on any atom is -0.494 e. The normalized spacial score (nSPS) is 10.3. The lowest BCUT2D eigenvalue weighted by atomic mass is 10.2. The van der Waals surface area contributed by atoms with Gasteiger partial charge in [0.15, 0.2) is 0 Å². The zero-order valence-corrected chi connectivity index (χ0v) is 10.3. The Hall–Kier alpha value is -2.30. The molecule has 5 heteroatoms. The van der Waals surface area contributed by atoms with Gasteiger partial charge in [-0.1, -0.05) is 0 Å². The summed E-state index contributed by atoms with van der Waals surface area (Å²) in [5, 5.41) is 8.96. The number of ether oxygens (including phenoxy) is 1. The van der Waals surface area contributed by atoms with E-state index in [1.807, 2.05) is 31.2 Å². The average Bonchev–Trinajstić information content (AvgIpc) is 2.73. The van der Waals surface area contributed by atoms with Crippen molar-refractivity contribution >= 4 is 5.97 Å². The first-order valence-electron chi connectivity index (χ1n) is 5.61. The predicted molar refractivity (Wildman–Crippen MR) is 66.8 cm³/mol. The summed E-state index contributed by atoms with van der Waals surface area (Å²) in [6, 6.07) is 7.40. The van der Waals surface area contributed by atoms with Gasteiger partial charge in [0.25, 0.3) is 0 Å². The molecule has 0 bridgehead atoms. The van der Waals surface area contributed by atoms with Gasteiger partial charge in [-0.05, 0) is 31.2 Å². The molecule has 0 fully saturated rings. The average molecular weight is 246 g/mol. The van der Waals surface area contributed by atoms with Gasteiger partial charge in [-0.3, -0.25) is 0 Å². The number of hydrogen-bond acceptors (Lipinski definition) is 3. The minimum atomic E-state index is -0.984. The maximum Gasteiger partial charge on any atom is 0.354 e. The molecule has 0 radical (unpaired) electrons. The van der Waals surface area contributed by atoms with E-state index in [1.54, 1.807) is 11.6 Å². The molecular weight excluding hydrogens is 232 g/mol. The highest BCUT2D eigenvalue weighted by molar-refractivity contribution is 5.86. The number of nitrogens with zero attached hydrogens (tertiary/aromatic N) is 2. The van der Waals surface area contributed by atoms with Crippen LogP contribution in [0.4, 0.5) is 0 Å². The minimum absolute atomic E-state index is 0.166. The SMILES string of the molecule is CCOc1ccc(-c2ncc(C(=O)O)n2C)cc1. The maximum absolute atomic E-state index is 10.9. The van der Waals surface area contributed by atoms with Gasteiger partial charge >= 0.3 is 5.97 Å². The number of benzene rings is 1. The van der Waals surface area contributed by atoms with E-state index in [9.17, 15) is 4.79 Å². The lowest BCUT2D eigenvalue weighted by molar-refractivity contribution is 0.0686. The summed E-state index contributed by atoms with van der Waals surface area (Å²) >= 11 is 0. The molecule has 2 rings (SSSR count). The van der Waals surface area contributed by atoms with E-state index in [0.29, 0.717) is 12.4 Å². The molecule has 1 heterocycles. The van der Waals surface area contributed by atoms with Gasteiger partial charge in [0.2, 0.25) is 0 Å². The van der Waals surface area contributed by atoms with Crippen molar-refractivity contribution in [2.24, 2.45) is 7.05 Å². The van der Waals surface area contributed by atoms with Crippen molar-refractivity contribution in [1.29, 1.82) is 0 Å². The molecule has 0 saturated heterocycles. The van der Waals surface area contributed by atoms with Crippen LogP contribution >= 0.6 is 0 Å². The van der Waals surface area contributed by atoms with Crippen molar-refractivity contribution in [2.45, 2.75) is 6.92 Å². The number of hydrogen-bond donors (Lipinski definition) is 1. The van der Waals surface area contributed by atoms with Crippen LogP contribution in [0.5, 0.6) is 5.75 Å². The molecule has 0 aliphatic heterocycles. The lowest BCUT2D eigenvalue weighted by Gasteiger charge is -2.06. The molecule has 1 aromatic carbocycles. The van der Waals surface area contributed by atoms with Gasteiger partial charge in [-0.15, -0.1) is 0 Å². The van der Waals surface area contributed by atoms with Crippen molar-refractivity contribution < 1.29 is 14.6 Å². The van der Waals surface area contributed by atoms with Gasteiger partial charge < -0.3 is 14.4 Å². The highest BCUT2D eigenvalue weighted by Gasteiger charge is 2.13. The molecule has 5 nitrogen and oxygen atoms in total. The molecule has 94 valence electrons. The second kappa shape index (κ2) is 4.91. The van der Waals surface area contributed by atoms with Gasteiger partial charge in [-0.2, -0.15) is 0 Å². The van der Waals surface area contributed by atoms with Crippen molar-refractivity contribution in [3.8, 4) is 17.1 Å². The number of imidazole rings is 1. The van der Waals surface area contributed by atoms with Crippen LogP contribution in [0.25, 0.3) is 11.4 Å². The van der Waals surface area contributed by atoms with Crippen molar-refractivity contribution in [2.75, 3.05) is 6.61 Å². The third kappa shape index (κ3) is 2.20. The first kappa shape index (κ1) is 12.2. The number of carboxylic acids is 1. The summed E-state index contributed by atoms with van der Waals surface area (Å²) in [7, 11) is 1.68. The van der Waals surface area contributed by atoms with Crippen LogP contribution in [-0.2, 0) is 7.05 Å². The molecule has 0 aliphatic carbocycles. The van der Waals surface area contributed by atoms with Gasteiger partial charge in [-0.25, -0.2) is 9.78 Å². The van der Waals surface area contributed by atoms with E-state index >= 15 is 0 Å². The zero-order valence-electron chi connectivity index (χ0n) is 10.3. The Balaban J connectivity index is 2.34. The van der Waals surface area contributed by atoms with E-state index in [-0.39, 0.29) is 5.69 Å². The van der Waals surface area contributed by atoms with Crippen molar-refractivity contribution in [1.82, 2.24) is 9.55 Å². The Morgan fingerprint density at radius 1 is 1.39 bits per heavy atom. The van der Waals surface area contributed by atoms with Crippen LogP contribution in [0.1, 0.15) is 17.4 Å². The zero-order chi connectivity index (χ0) is 13.1. The Kier molecular flexibility index (Phi) is 3.32. The Morgan fingerprint density at radius 3 is 2.56 bits per heavy atom. The fourth-order valence-electron chi connectivity index (χ4n) is 1.74. The predicted octanol–water partition coefficient (Wildman–Crippen LogP) is 2.18. The first-order valence-corrected chi connectivity index (χ1v) is 5.61. The standard InChI is InChI=1S/C13H14N2O3/c1-3-18-10-6-4-9(5-7-10)12-14-8-11(13(16)17)15(12)2/h4-8H,3H2,1-2H3,(H,16,17).